The number of likely N-dealkylation sites (N-methyl/N-ethyl adjacent to an activating group) is 1. The van der Waals surface area contributed by atoms with E-state index in [0.29, 0.717) is 17.0 Å². The number of rotatable bonds is 3. The summed E-state index contributed by atoms with van der Waals surface area (Å²) in [6.45, 7) is 7.24. The number of anilines is 1. The van der Waals surface area contributed by atoms with Crippen LogP contribution in [0.15, 0.2) is 54.2 Å². The van der Waals surface area contributed by atoms with E-state index in [1.807, 2.05) is 62.4 Å². The van der Waals surface area contributed by atoms with Crippen LogP contribution in [0.2, 0.25) is 0 Å². The predicted molar refractivity (Wildman–Crippen MR) is 111 cm³/mol. The number of benzene rings is 2. The minimum absolute atomic E-state index is 0.225. The lowest BCUT2D eigenvalue weighted by Crippen LogP contribution is -2.46. The van der Waals surface area contributed by atoms with Crippen molar-refractivity contribution in [3.63, 3.8) is 0 Å². The summed E-state index contributed by atoms with van der Waals surface area (Å²) in [5, 5.41) is 0. The van der Waals surface area contributed by atoms with Crippen LogP contribution in [0.4, 0.5) is 5.69 Å². The largest absolute Gasteiger partial charge is 0.364 e. The average Bonchev–Trinajstić information content (AvgIpc) is 2.96. The molecule has 2 aromatic carbocycles. The lowest BCUT2D eigenvalue weighted by Gasteiger charge is -2.34. The first-order chi connectivity index (χ1) is 13.5. The molecule has 0 unspecified atom stereocenters. The van der Waals surface area contributed by atoms with E-state index in [2.05, 4.69) is 16.8 Å². The third kappa shape index (κ3) is 3.12. The molecule has 5 nitrogen and oxygen atoms in total. The molecule has 2 aliphatic heterocycles. The van der Waals surface area contributed by atoms with E-state index in [4.69, 9.17) is 0 Å². The lowest BCUT2D eigenvalue weighted by atomic mass is 10.0. The summed E-state index contributed by atoms with van der Waals surface area (Å²) in [4.78, 5) is 32.6. The minimum atomic E-state index is -0.242. The van der Waals surface area contributed by atoms with Crippen LogP contribution < -0.4 is 4.90 Å². The van der Waals surface area contributed by atoms with Crippen molar-refractivity contribution in [2.24, 2.45) is 0 Å². The maximum absolute atomic E-state index is 13.5. The van der Waals surface area contributed by atoms with Crippen molar-refractivity contribution >= 4 is 23.1 Å². The summed E-state index contributed by atoms with van der Waals surface area (Å²) in [5.41, 5.74) is 4.67. The first-order valence-electron chi connectivity index (χ1n) is 9.66. The van der Waals surface area contributed by atoms with Crippen molar-refractivity contribution in [2.75, 3.05) is 38.1 Å². The van der Waals surface area contributed by atoms with E-state index >= 15 is 0 Å². The van der Waals surface area contributed by atoms with Crippen LogP contribution in [-0.2, 0) is 9.59 Å². The Balaban J connectivity index is 1.80. The SMILES string of the molecule is Cc1ccc(N2C(=O)C(c3ccccc3)=C(N3CCN(C)CC3)C2=O)cc1C. The van der Waals surface area contributed by atoms with Crippen LogP contribution in [0.25, 0.3) is 5.57 Å². The molecule has 0 bridgehead atoms. The van der Waals surface area contributed by atoms with Gasteiger partial charge in [0, 0.05) is 26.2 Å². The zero-order valence-electron chi connectivity index (χ0n) is 16.6. The van der Waals surface area contributed by atoms with E-state index in [9.17, 15) is 9.59 Å². The second-order valence-corrected chi connectivity index (χ2v) is 7.59. The fourth-order valence-corrected chi connectivity index (χ4v) is 3.81. The number of hydrogen-bond donors (Lipinski definition) is 0. The lowest BCUT2D eigenvalue weighted by molar-refractivity contribution is -0.120. The predicted octanol–water partition coefficient (Wildman–Crippen LogP) is 2.84. The van der Waals surface area contributed by atoms with Crippen LogP contribution in [-0.4, -0.2) is 54.8 Å². The molecular formula is C23H25N3O2. The fourth-order valence-electron chi connectivity index (χ4n) is 3.81. The van der Waals surface area contributed by atoms with Crippen LogP contribution >= 0.6 is 0 Å². The highest BCUT2D eigenvalue weighted by molar-refractivity contribution is 6.45. The molecular weight excluding hydrogens is 350 g/mol. The van der Waals surface area contributed by atoms with Gasteiger partial charge in [0.2, 0.25) is 0 Å². The van der Waals surface area contributed by atoms with Gasteiger partial charge in [0.15, 0.2) is 0 Å². The monoisotopic (exact) mass is 375 g/mol. The van der Waals surface area contributed by atoms with Gasteiger partial charge in [-0.2, -0.15) is 0 Å². The number of nitrogens with zero attached hydrogens (tertiary/aromatic N) is 3. The Bertz CT molecular complexity index is 957. The summed E-state index contributed by atoms with van der Waals surface area (Å²) < 4.78 is 0. The molecule has 1 saturated heterocycles. The van der Waals surface area contributed by atoms with Gasteiger partial charge in [-0.3, -0.25) is 9.59 Å². The zero-order chi connectivity index (χ0) is 19.8. The van der Waals surface area contributed by atoms with Crippen molar-refractivity contribution < 1.29 is 9.59 Å². The van der Waals surface area contributed by atoms with Crippen molar-refractivity contribution in [3.05, 3.63) is 70.9 Å². The van der Waals surface area contributed by atoms with Gasteiger partial charge in [0.25, 0.3) is 11.8 Å². The Morgan fingerprint density at radius 3 is 2.11 bits per heavy atom. The molecule has 4 rings (SSSR count). The van der Waals surface area contributed by atoms with E-state index in [-0.39, 0.29) is 11.8 Å². The van der Waals surface area contributed by atoms with Gasteiger partial charge < -0.3 is 9.80 Å². The number of imide groups is 1. The Morgan fingerprint density at radius 1 is 0.786 bits per heavy atom. The molecule has 0 atom stereocenters. The van der Waals surface area contributed by atoms with Gasteiger partial charge in [0.05, 0.1) is 11.3 Å². The maximum Gasteiger partial charge on any atom is 0.282 e. The van der Waals surface area contributed by atoms with Crippen LogP contribution in [0.1, 0.15) is 16.7 Å². The van der Waals surface area contributed by atoms with E-state index in [1.165, 1.54) is 4.90 Å². The summed E-state index contributed by atoms with van der Waals surface area (Å²) in [6, 6.07) is 15.3. The van der Waals surface area contributed by atoms with E-state index in [1.54, 1.807) is 0 Å². The summed E-state index contributed by atoms with van der Waals surface area (Å²) in [5.74, 6) is -0.468. The molecule has 1 fully saturated rings. The molecule has 5 heteroatoms. The smallest absolute Gasteiger partial charge is 0.282 e. The Labute approximate surface area is 165 Å². The standard InChI is InChI=1S/C23H25N3O2/c1-16-9-10-19(15-17(16)2)26-22(27)20(18-7-5-4-6-8-18)21(23(26)28)25-13-11-24(3)12-14-25/h4-10,15H,11-14H2,1-3H3. The minimum Gasteiger partial charge on any atom is -0.364 e. The van der Waals surface area contributed by atoms with Crippen LogP contribution in [0.3, 0.4) is 0 Å². The first kappa shape index (κ1) is 18.4. The highest BCUT2D eigenvalue weighted by Crippen LogP contribution is 2.35. The number of carbonyl (C=O) groups is 2. The highest BCUT2D eigenvalue weighted by Gasteiger charge is 2.42. The number of carbonyl (C=O) groups excluding carboxylic acids is 2. The molecule has 2 amide bonds. The number of piperazine rings is 1. The van der Waals surface area contributed by atoms with E-state index in [0.717, 1.165) is 42.9 Å². The summed E-state index contributed by atoms with van der Waals surface area (Å²) in [6.07, 6.45) is 0. The van der Waals surface area contributed by atoms with Crippen molar-refractivity contribution in [1.82, 2.24) is 9.80 Å². The van der Waals surface area contributed by atoms with Gasteiger partial charge in [-0.1, -0.05) is 36.4 Å². The second-order valence-electron chi connectivity index (χ2n) is 7.59. The van der Waals surface area contributed by atoms with Crippen molar-refractivity contribution in [1.29, 1.82) is 0 Å². The summed E-state index contributed by atoms with van der Waals surface area (Å²) in [7, 11) is 2.08. The van der Waals surface area contributed by atoms with Crippen molar-refractivity contribution in [3.8, 4) is 0 Å². The van der Waals surface area contributed by atoms with Crippen molar-refractivity contribution in [2.45, 2.75) is 13.8 Å². The molecule has 2 aromatic rings. The molecule has 0 aromatic heterocycles. The average molecular weight is 375 g/mol. The number of aryl methyl sites for hydroxylation is 2. The molecule has 0 N–H and O–H groups in total. The Hall–Kier alpha value is -2.92. The van der Waals surface area contributed by atoms with Gasteiger partial charge in [-0.25, -0.2) is 4.90 Å². The topological polar surface area (TPSA) is 43.9 Å². The molecule has 2 aliphatic rings. The molecule has 0 saturated carbocycles. The second kappa shape index (κ2) is 7.24. The fraction of sp³-hybridized carbons (Fsp3) is 0.304. The molecule has 2 heterocycles. The van der Waals surface area contributed by atoms with E-state index < -0.39 is 0 Å². The first-order valence-corrected chi connectivity index (χ1v) is 9.66. The normalized spacial score (nSPS) is 18.4. The Kier molecular flexibility index (Phi) is 4.77. The van der Waals surface area contributed by atoms with Gasteiger partial charge in [-0.05, 0) is 49.7 Å². The number of amides is 2. The Morgan fingerprint density at radius 2 is 1.46 bits per heavy atom. The molecule has 0 spiro atoms. The number of hydrogen-bond acceptors (Lipinski definition) is 4. The molecule has 144 valence electrons. The third-order valence-corrected chi connectivity index (χ3v) is 5.69. The van der Waals surface area contributed by atoms with Gasteiger partial charge >= 0.3 is 0 Å². The molecule has 0 radical (unpaired) electrons. The summed E-state index contributed by atoms with van der Waals surface area (Å²) >= 11 is 0. The van der Waals surface area contributed by atoms with Crippen LogP contribution in [0.5, 0.6) is 0 Å². The highest BCUT2D eigenvalue weighted by atomic mass is 16.2. The maximum atomic E-state index is 13.5. The van der Waals surface area contributed by atoms with Crippen LogP contribution in [0, 0.1) is 13.8 Å². The van der Waals surface area contributed by atoms with Gasteiger partial charge in [-0.15, -0.1) is 0 Å². The third-order valence-electron chi connectivity index (χ3n) is 5.69. The quantitative estimate of drug-likeness (QED) is 0.774. The van der Waals surface area contributed by atoms with Gasteiger partial charge in [0.1, 0.15) is 5.70 Å². The molecule has 28 heavy (non-hydrogen) atoms. The zero-order valence-corrected chi connectivity index (χ0v) is 16.6. The molecule has 0 aliphatic carbocycles.